The number of hydrogen-bond acceptors (Lipinski definition) is 3. The van der Waals surface area contributed by atoms with Crippen LogP contribution in [-0.4, -0.2) is 50.2 Å². The van der Waals surface area contributed by atoms with Crippen molar-refractivity contribution in [3.63, 3.8) is 0 Å². The van der Waals surface area contributed by atoms with Crippen LogP contribution in [0.2, 0.25) is 0 Å². The van der Waals surface area contributed by atoms with Crippen LogP contribution in [0.4, 0.5) is 10.5 Å². The van der Waals surface area contributed by atoms with E-state index in [2.05, 4.69) is 10.6 Å². The zero-order valence-corrected chi connectivity index (χ0v) is 13.9. The molecule has 1 fully saturated rings. The van der Waals surface area contributed by atoms with Crippen LogP contribution in [0.1, 0.15) is 35.2 Å². The SMILES string of the molecule is COCCCNC(=O)Nc1cccc(C)c1C(=O)N1CCCC1. The Morgan fingerprint density at radius 1 is 1.26 bits per heavy atom. The number of ether oxygens (including phenoxy) is 1. The Balaban J connectivity index is 2.05. The van der Waals surface area contributed by atoms with Crippen molar-refractivity contribution in [2.45, 2.75) is 26.2 Å². The molecule has 0 aromatic heterocycles. The van der Waals surface area contributed by atoms with Crippen LogP contribution in [-0.2, 0) is 4.74 Å². The van der Waals surface area contributed by atoms with Crippen LogP contribution in [0.5, 0.6) is 0 Å². The number of urea groups is 1. The molecule has 0 aliphatic carbocycles. The molecule has 2 N–H and O–H groups in total. The molecule has 2 rings (SSSR count). The third-order valence-electron chi connectivity index (χ3n) is 3.94. The molecule has 3 amide bonds. The lowest BCUT2D eigenvalue weighted by Crippen LogP contribution is -2.33. The maximum atomic E-state index is 12.7. The summed E-state index contributed by atoms with van der Waals surface area (Å²) in [5.74, 6) is -0.00437. The summed E-state index contributed by atoms with van der Waals surface area (Å²) in [6, 6.07) is 5.20. The smallest absolute Gasteiger partial charge is 0.319 e. The lowest BCUT2D eigenvalue weighted by molar-refractivity contribution is 0.0793. The first-order valence-corrected chi connectivity index (χ1v) is 8.06. The third-order valence-corrected chi connectivity index (χ3v) is 3.94. The van der Waals surface area contributed by atoms with Gasteiger partial charge in [-0.2, -0.15) is 0 Å². The number of carbonyl (C=O) groups is 2. The minimum absolute atomic E-state index is 0.00437. The number of hydrogen-bond donors (Lipinski definition) is 2. The number of amides is 3. The van der Waals surface area contributed by atoms with Crippen molar-refractivity contribution in [2.24, 2.45) is 0 Å². The molecule has 126 valence electrons. The van der Waals surface area contributed by atoms with E-state index in [1.54, 1.807) is 13.2 Å². The summed E-state index contributed by atoms with van der Waals surface area (Å²) in [4.78, 5) is 26.6. The second-order valence-electron chi connectivity index (χ2n) is 5.72. The molecule has 1 aliphatic rings. The zero-order valence-electron chi connectivity index (χ0n) is 13.9. The first kappa shape index (κ1) is 17.3. The fourth-order valence-corrected chi connectivity index (χ4v) is 2.72. The van der Waals surface area contributed by atoms with E-state index in [0.29, 0.717) is 24.4 Å². The van der Waals surface area contributed by atoms with E-state index in [1.165, 1.54) is 0 Å². The molecule has 0 spiro atoms. The van der Waals surface area contributed by atoms with Crippen LogP contribution in [0.3, 0.4) is 0 Å². The van der Waals surface area contributed by atoms with Gasteiger partial charge in [0.15, 0.2) is 0 Å². The number of nitrogens with zero attached hydrogens (tertiary/aromatic N) is 1. The minimum Gasteiger partial charge on any atom is -0.385 e. The molecular formula is C17H25N3O3. The molecule has 6 heteroatoms. The van der Waals surface area contributed by atoms with Crippen molar-refractivity contribution in [3.05, 3.63) is 29.3 Å². The molecule has 1 aliphatic heterocycles. The van der Waals surface area contributed by atoms with Crippen LogP contribution >= 0.6 is 0 Å². The van der Waals surface area contributed by atoms with E-state index < -0.39 is 0 Å². The van der Waals surface area contributed by atoms with Crippen molar-refractivity contribution in [1.29, 1.82) is 0 Å². The third kappa shape index (κ3) is 4.69. The summed E-state index contributed by atoms with van der Waals surface area (Å²) in [6.07, 6.45) is 2.83. The number of carbonyl (C=O) groups excluding carboxylic acids is 2. The van der Waals surface area contributed by atoms with Crippen molar-refractivity contribution < 1.29 is 14.3 Å². The van der Waals surface area contributed by atoms with Gasteiger partial charge in [0, 0.05) is 33.4 Å². The predicted octanol–water partition coefficient (Wildman–Crippen LogP) is 2.39. The van der Waals surface area contributed by atoms with Gasteiger partial charge in [0.1, 0.15) is 0 Å². The van der Waals surface area contributed by atoms with Crippen LogP contribution in [0.25, 0.3) is 0 Å². The molecule has 23 heavy (non-hydrogen) atoms. The summed E-state index contributed by atoms with van der Waals surface area (Å²) >= 11 is 0. The summed E-state index contributed by atoms with van der Waals surface area (Å²) in [6.45, 7) is 4.60. The van der Waals surface area contributed by atoms with Crippen LogP contribution in [0, 0.1) is 6.92 Å². The highest BCUT2D eigenvalue weighted by atomic mass is 16.5. The summed E-state index contributed by atoms with van der Waals surface area (Å²) in [5, 5.41) is 5.56. The Bertz CT molecular complexity index is 554. The number of benzene rings is 1. The van der Waals surface area contributed by atoms with Gasteiger partial charge in [0.05, 0.1) is 11.3 Å². The average molecular weight is 319 g/mol. The normalized spacial score (nSPS) is 13.9. The number of anilines is 1. The van der Waals surface area contributed by atoms with Gasteiger partial charge >= 0.3 is 6.03 Å². The lowest BCUT2D eigenvalue weighted by atomic mass is 10.1. The van der Waals surface area contributed by atoms with Crippen molar-refractivity contribution in [1.82, 2.24) is 10.2 Å². The molecule has 0 radical (unpaired) electrons. The van der Waals surface area contributed by atoms with Gasteiger partial charge < -0.3 is 20.3 Å². The van der Waals surface area contributed by atoms with Gasteiger partial charge in [0.2, 0.25) is 0 Å². The maximum absolute atomic E-state index is 12.7. The molecule has 0 bridgehead atoms. The minimum atomic E-state index is -0.304. The first-order chi connectivity index (χ1) is 11.1. The second-order valence-corrected chi connectivity index (χ2v) is 5.72. The Morgan fingerprint density at radius 2 is 2.00 bits per heavy atom. The molecular weight excluding hydrogens is 294 g/mol. The highest BCUT2D eigenvalue weighted by molar-refractivity contribution is 6.04. The molecule has 1 aromatic rings. The van der Waals surface area contributed by atoms with Crippen molar-refractivity contribution in [2.75, 3.05) is 38.7 Å². The zero-order chi connectivity index (χ0) is 16.7. The standard InChI is InChI=1S/C17H25N3O3/c1-13-7-5-8-14(19-17(22)18-9-6-12-23-2)15(13)16(21)20-10-3-4-11-20/h5,7-8H,3-4,6,9-12H2,1-2H3,(H2,18,19,22). The largest absolute Gasteiger partial charge is 0.385 e. The van der Waals surface area contributed by atoms with Gasteiger partial charge in [-0.25, -0.2) is 4.79 Å². The summed E-state index contributed by atoms with van der Waals surface area (Å²) in [5.41, 5.74) is 2.02. The van der Waals surface area contributed by atoms with E-state index in [9.17, 15) is 9.59 Å². The number of methoxy groups -OCH3 is 1. The molecule has 0 saturated carbocycles. The summed E-state index contributed by atoms with van der Waals surface area (Å²) < 4.78 is 4.94. The van der Waals surface area contributed by atoms with Gasteiger partial charge in [-0.05, 0) is 37.8 Å². The van der Waals surface area contributed by atoms with E-state index in [4.69, 9.17) is 4.74 Å². The molecule has 6 nitrogen and oxygen atoms in total. The van der Waals surface area contributed by atoms with E-state index in [0.717, 1.165) is 37.9 Å². The second kappa shape index (κ2) is 8.53. The van der Waals surface area contributed by atoms with E-state index in [1.807, 2.05) is 24.0 Å². The maximum Gasteiger partial charge on any atom is 0.319 e. The Morgan fingerprint density at radius 3 is 2.70 bits per heavy atom. The number of likely N-dealkylation sites (tertiary alicyclic amines) is 1. The van der Waals surface area contributed by atoms with Gasteiger partial charge in [-0.3, -0.25) is 4.79 Å². The molecule has 1 saturated heterocycles. The molecule has 1 aromatic carbocycles. The number of rotatable bonds is 6. The van der Waals surface area contributed by atoms with Crippen LogP contribution < -0.4 is 10.6 Å². The van der Waals surface area contributed by atoms with E-state index in [-0.39, 0.29) is 11.9 Å². The average Bonchev–Trinajstić information content (AvgIpc) is 3.06. The summed E-state index contributed by atoms with van der Waals surface area (Å²) in [7, 11) is 1.63. The highest BCUT2D eigenvalue weighted by Gasteiger charge is 2.23. The van der Waals surface area contributed by atoms with E-state index >= 15 is 0 Å². The quantitative estimate of drug-likeness (QED) is 0.791. The van der Waals surface area contributed by atoms with Crippen molar-refractivity contribution >= 4 is 17.6 Å². The molecule has 1 heterocycles. The fraction of sp³-hybridized carbons (Fsp3) is 0.529. The number of nitrogens with one attached hydrogen (secondary N) is 2. The predicted molar refractivity (Wildman–Crippen MR) is 89.8 cm³/mol. The first-order valence-electron chi connectivity index (χ1n) is 8.06. The topological polar surface area (TPSA) is 70.7 Å². The lowest BCUT2D eigenvalue weighted by Gasteiger charge is -2.19. The molecule has 0 unspecified atom stereocenters. The van der Waals surface area contributed by atoms with Crippen LogP contribution in [0.15, 0.2) is 18.2 Å². The van der Waals surface area contributed by atoms with Crippen molar-refractivity contribution in [3.8, 4) is 0 Å². The monoisotopic (exact) mass is 319 g/mol. The number of aryl methyl sites for hydroxylation is 1. The van der Waals surface area contributed by atoms with Gasteiger partial charge in [-0.15, -0.1) is 0 Å². The van der Waals surface area contributed by atoms with Gasteiger partial charge in [-0.1, -0.05) is 12.1 Å². The highest BCUT2D eigenvalue weighted by Crippen LogP contribution is 2.23. The fourth-order valence-electron chi connectivity index (χ4n) is 2.72. The van der Waals surface area contributed by atoms with Gasteiger partial charge in [0.25, 0.3) is 5.91 Å². The Hall–Kier alpha value is -2.08. The molecule has 0 atom stereocenters. The Labute approximate surface area is 137 Å². The Kier molecular flexibility index (Phi) is 6.40.